The standard InChI is InChI=1S/C15H15ClN2O/c1-11(19)13-5-8-15(17-9-13)18(2)10-12-3-6-14(16)7-4-12/h3-9H,10H2,1-2H3. The van der Waals surface area contributed by atoms with Crippen LogP contribution in [0.15, 0.2) is 42.6 Å². The van der Waals surface area contributed by atoms with E-state index >= 15 is 0 Å². The van der Waals surface area contributed by atoms with E-state index in [2.05, 4.69) is 4.98 Å². The molecule has 4 heteroatoms. The number of carbonyl (C=O) groups excluding carboxylic acids is 1. The molecule has 0 aliphatic carbocycles. The SMILES string of the molecule is CC(=O)c1ccc(N(C)Cc2ccc(Cl)cc2)nc1. The smallest absolute Gasteiger partial charge is 0.161 e. The molecular formula is C15H15ClN2O. The monoisotopic (exact) mass is 274 g/mol. The molecule has 1 heterocycles. The van der Waals surface area contributed by atoms with Gasteiger partial charge in [-0.25, -0.2) is 4.98 Å². The van der Waals surface area contributed by atoms with Gasteiger partial charge in [0.25, 0.3) is 0 Å². The minimum absolute atomic E-state index is 0.0272. The van der Waals surface area contributed by atoms with Crippen molar-refractivity contribution in [2.24, 2.45) is 0 Å². The van der Waals surface area contributed by atoms with E-state index in [4.69, 9.17) is 11.6 Å². The number of nitrogens with zero attached hydrogens (tertiary/aromatic N) is 2. The van der Waals surface area contributed by atoms with Gasteiger partial charge < -0.3 is 4.90 Å². The summed E-state index contributed by atoms with van der Waals surface area (Å²) in [5.74, 6) is 0.861. The molecule has 1 aromatic heterocycles. The number of anilines is 1. The van der Waals surface area contributed by atoms with Crippen LogP contribution in [0.1, 0.15) is 22.8 Å². The topological polar surface area (TPSA) is 33.2 Å². The Morgan fingerprint density at radius 2 is 1.89 bits per heavy atom. The fourth-order valence-electron chi connectivity index (χ4n) is 1.76. The van der Waals surface area contributed by atoms with Crippen molar-refractivity contribution >= 4 is 23.2 Å². The van der Waals surface area contributed by atoms with E-state index in [0.29, 0.717) is 5.56 Å². The number of hydrogen-bond donors (Lipinski definition) is 0. The highest BCUT2D eigenvalue weighted by molar-refractivity contribution is 6.30. The summed E-state index contributed by atoms with van der Waals surface area (Å²) in [5, 5.41) is 0.732. The number of hydrogen-bond acceptors (Lipinski definition) is 3. The van der Waals surface area contributed by atoms with Crippen LogP contribution in [0.3, 0.4) is 0 Å². The zero-order valence-corrected chi connectivity index (χ0v) is 11.7. The lowest BCUT2D eigenvalue weighted by molar-refractivity contribution is 0.101. The molecule has 0 saturated carbocycles. The summed E-state index contributed by atoms with van der Waals surface area (Å²) in [4.78, 5) is 17.5. The third-order valence-corrected chi connectivity index (χ3v) is 3.13. The number of ketones is 1. The number of halogens is 1. The number of rotatable bonds is 4. The lowest BCUT2D eigenvalue weighted by Gasteiger charge is -2.18. The first-order valence-electron chi connectivity index (χ1n) is 5.99. The molecule has 0 aliphatic rings. The molecule has 0 unspecified atom stereocenters. The van der Waals surface area contributed by atoms with E-state index in [1.807, 2.05) is 42.3 Å². The van der Waals surface area contributed by atoms with Gasteiger partial charge in [-0.15, -0.1) is 0 Å². The molecule has 0 N–H and O–H groups in total. The molecule has 0 fully saturated rings. The maximum atomic E-state index is 11.2. The van der Waals surface area contributed by atoms with Crippen molar-refractivity contribution in [3.63, 3.8) is 0 Å². The van der Waals surface area contributed by atoms with Gasteiger partial charge in [0.15, 0.2) is 5.78 Å². The van der Waals surface area contributed by atoms with Crippen LogP contribution >= 0.6 is 11.6 Å². The van der Waals surface area contributed by atoms with E-state index in [1.54, 1.807) is 12.3 Å². The van der Waals surface area contributed by atoms with Gasteiger partial charge in [0.2, 0.25) is 0 Å². The predicted octanol–water partition coefficient (Wildman–Crippen LogP) is 3.57. The van der Waals surface area contributed by atoms with Crippen LogP contribution in [-0.4, -0.2) is 17.8 Å². The molecule has 0 bridgehead atoms. The summed E-state index contributed by atoms with van der Waals surface area (Å²) in [6.07, 6.45) is 1.61. The molecule has 98 valence electrons. The molecule has 19 heavy (non-hydrogen) atoms. The van der Waals surface area contributed by atoms with Crippen LogP contribution in [0, 0.1) is 0 Å². The van der Waals surface area contributed by atoms with Crippen molar-refractivity contribution in [3.8, 4) is 0 Å². The van der Waals surface area contributed by atoms with Crippen LogP contribution in [0.4, 0.5) is 5.82 Å². The van der Waals surface area contributed by atoms with Gasteiger partial charge in [0.1, 0.15) is 5.82 Å². The van der Waals surface area contributed by atoms with E-state index in [1.165, 1.54) is 6.92 Å². The van der Waals surface area contributed by atoms with Gasteiger partial charge in [-0.3, -0.25) is 4.79 Å². The molecule has 0 radical (unpaired) electrons. The van der Waals surface area contributed by atoms with Gasteiger partial charge in [0.05, 0.1) is 0 Å². The Morgan fingerprint density at radius 1 is 1.21 bits per heavy atom. The third-order valence-electron chi connectivity index (χ3n) is 2.88. The highest BCUT2D eigenvalue weighted by Crippen LogP contribution is 2.15. The number of Topliss-reactive ketones (excluding diaryl/α,β-unsaturated/α-hetero) is 1. The van der Waals surface area contributed by atoms with E-state index in [-0.39, 0.29) is 5.78 Å². The van der Waals surface area contributed by atoms with Gasteiger partial charge in [0, 0.05) is 30.4 Å². The molecule has 0 amide bonds. The van der Waals surface area contributed by atoms with Crippen molar-refractivity contribution < 1.29 is 4.79 Å². The van der Waals surface area contributed by atoms with E-state index in [0.717, 1.165) is 22.9 Å². The summed E-state index contributed by atoms with van der Waals surface area (Å²) in [7, 11) is 1.96. The maximum Gasteiger partial charge on any atom is 0.161 e. The Hall–Kier alpha value is -1.87. The van der Waals surface area contributed by atoms with Crippen LogP contribution in [0.25, 0.3) is 0 Å². The first-order chi connectivity index (χ1) is 9.06. The van der Waals surface area contributed by atoms with Crippen molar-refractivity contribution in [1.82, 2.24) is 4.98 Å². The van der Waals surface area contributed by atoms with Crippen LogP contribution in [0.2, 0.25) is 5.02 Å². The minimum Gasteiger partial charge on any atom is -0.355 e. The van der Waals surface area contributed by atoms with Crippen LogP contribution in [-0.2, 0) is 6.54 Å². The Morgan fingerprint density at radius 3 is 2.42 bits per heavy atom. The first kappa shape index (κ1) is 13.6. The average Bonchev–Trinajstić information content (AvgIpc) is 2.41. The molecule has 3 nitrogen and oxygen atoms in total. The Kier molecular flexibility index (Phi) is 4.17. The molecule has 0 aliphatic heterocycles. The number of pyridine rings is 1. The van der Waals surface area contributed by atoms with Gasteiger partial charge in [-0.05, 0) is 36.8 Å². The third kappa shape index (κ3) is 3.55. The summed E-state index contributed by atoms with van der Waals surface area (Å²) in [6.45, 7) is 2.28. The minimum atomic E-state index is 0.0272. The summed E-state index contributed by atoms with van der Waals surface area (Å²) < 4.78 is 0. The Labute approximate surface area is 117 Å². The van der Waals surface area contributed by atoms with Crippen molar-refractivity contribution in [3.05, 3.63) is 58.7 Å². The second-order valence-corrected chi connectivity index (χ2v) is 4.88. The highest BCUT2D eigenvalue weighted by atomic mass is 35.5. The van der Waals surface area contributed by atoms with Gasteiger partial charge >= 0.3 is 0 Å². The first-order valence-corrected chi connectivity index (χ1v) is 6.36. The maximum absolute atomic E-state index is 11.2. The quantitative estimate of drug-likeness (QED) is 0.799. The van der Waals surface area contributed by atoms with Gasteiger partial charge in [-0.2, -0.15) is 0 Å². The van der Waals surface area contributed by atoms with Crippen molar-refractivity contribution in [2.75, 3.05) is 11.9 Å². The largest absolute Gasteiger partial charge is 0.355 e. The second-order valence-electron chi connectivity index (χ2n) is 4.44. The predicted molar refractivity (Wildman–Crippen MR) is 77.8 cm³/mol. The van der Waals surface area contributed by atoms with Crippen LogP contribution < -0.4 is 4.90 Å². The molecule has 2 rings (SSSR count). The lowest BCUT2D eigenvalue weighted by atomic mass is 10.2. The van der Waals surface area contributed by atoms with Gasteiger partial charge in [-0.1, -0.05) is 23.7 Å². The Bertz CT molecular complexity index is 564. The molecule has 0 spiro atoms. The number of carbonyl (C=O) groups is 1. The number of benzene rings is 1. The molecule has 2 aromatic rings. The van der Waals surface area contributed by atoms with Crippen molar-refractivity contribution in [1.29, 1.82) is 0 Å². The highest BCUT2D eigenvalue weighted by Gasteiger charge is 2.05. The summed E-state index contributed by atoms with van der Waals surface area (Å²) in [5.41, 5.74) is 1.79. The zero-order chi connectivity index (χ0) is 13.8. The molecule has 0 saturated heterocycles. The molecule has 0 atom stereocenters. The lowest BCUT2D eigenvalue weighted by Crippen LogP contribution is -2.17. The summed E-state index contributed by atoms with van der Waals surface area (Å²) in [6, 6.07) is 11.4. The summed E-state index contributed by atoms with van der Waals surface area (Å²) >= 11 is 5.85. The fraction of sp³-hybridized carbons (Fsp3) is 0.200. The molecule has 1 aromatic carbocycles. The number of aromatic nitrogens is 1. The second kappa shape index (κ2) is 5.85. The fourth-order valence-corrected chi connectivity index (χ4v) is 1.89. The van der Waals surface area contributed by atoms with Crippen LogP contribution in [0.5, 0.6) is 0 Å². The zero-order valence-electron chi connectivity index (χ0n) is 10.9. The Balaban J connectivity index is 2.09. The van der Waals surface area contributed by atoms with E-state index < -0.39 is 0 Å². The normalized spacial score (nSPS) is 10.3. The molecular weight excluding hydrogens is 260 g/mol. The van der Waals surface area contributed by atoms with E-state index in [9.17, 15) is 4.79 Å². The van der Waals surface area contributed by atoms with Crippen molar-refractivity contribution in [2.45, 2.75) is 13.5 Å². The average molecular weight is 275 g/mol.